The Morgan fingerprint density at radius 2 is 1.64 bits per heavy atom. The zero-order valence-corrected chi connectivity index (χ0v) is 12.1. The fourth-order valence-corrected chi connectivity index (χ4v) is 3.42. The van der Waals surface area contributed by atoms with Crippen LogP contribution in [0.15, 0.2) is 48.5 Å². The molecule has 4 heteroatoms. The molecular weight excluding hydrogens is 284 g/mol. The van der Waals surface area contributed by atoms with Crippen LogP contribution in [0.4, 0.5) is 14.5 Å². The number of carbonyl (C=O) groups excluding carboxylic acids is 1. The zero-order chi connectivity index (χ0) is 15.6. The molecule has 0 bridgehead atoms. The topological polar surface area (TPSA) is 20.3 Å². The molecule has 2 aromatic carbocycles. The van der Waals surface area contributed by atoms with Crippen LogP contribution in [0.2, 0.25) is 0 Å². The van der Waals surface area contributed by atoms with Crippen molar-refractivity contribution in [2.75, 3.05) is 4.90 Å². The van der Waals surface area contributed by atoms with Crippen LogP contribution in [0.5, 0.6) is 0 Å². The van der Waals surface area contributed by atoms with Gasteiger partial charge in [-0.15, -0.1) is 0 Å². The molecule has 1 aliphatic rings. The monoisotopic (exact) mass is 301 g/mol. The van der Waals surface area contributed by atoms with Crippen LogP contribution in [0.3, 0.4) is 0 Å². The summed E-state index contributed by atoms with van der Waals surface area (Å²) in [6.07, 6.45) is 4.36. The van der Waals surface area contributed by atoms with Crippen LogP contribution >= 0.6 is 0 Å². The highest BCUT2D eigenvalue weighted by Gasteiger charge is 2.41. The van der Waals surface area contributed by atoms with Crippen molar-refractivity contribution in [3.8, 4) is 0 Å². The van der Waals surface area contributed by atoms with E-state index in [9.17, 15) is 13.6 Å². The first kappa shape index (κ1) is 14.7. The van der Waals surface area contributed by atoms with Crippen molar-refractivity contribution in [2.24, 2.45) is 0 Å². The molecule has 22 heavy (non-hydrogen) atoms. The molecular formula is C18H17F2NO. The molecule has 0 radical (unpaired) electrons. The minimum atomic E-state index is -0.939. The van der Waals surface area contributed by atoms with Gasteiger partial charge >= 0.3 is 0 Å². The fraction of sp³-hybridized carbons (Fsp3) is 0.278. The van der Waals surface area contributed by atoms with Crippen molar-refractivity contribution in [3.63, 3.8) is 0 Å². The number of hydrogen-bond acceptors (Lipinski definition) is 1. The summed E-state index contributed by atoms with van der Waals surface area (Å²) in [5, 5.41) is 0. The SMILES string of the molecule is O=CN(c1ccc(F)c(F)c1)C1(c2ccccc2)CCCC1. The van der Waals surface area contributed by atoms with E-state index in [0.717, 1.165) is 49.8 Å². The van der Waals surface area contributed by atoms with Crippen LogP contribution in [0, 0.1) is 11.6 Å². The number of nitrogens with zero attached hydrogens (tertiary/aromatic N) is 1. The van der Waals surface area contributed by atoms with Gasteiger partial charge in [-0.25, -0.2) is 8.78 Å². The Kier molecular flexibility index (Phi) is 3.92. The maximum Gasteiger partial charge on any atom is 0.214 e. The van der Waals surface area contributed by atoms with Gasteiger partial charge in [-0.3, -0.25) is 4.79 Å². The first-order valence-corrected chi connectivity index (χ1v) is 7.42. The molecule has 2 aromatic rings. The number of halogens is 2. The molecule has 2 nitrogen and oxygen atoms in total. The molecule has 1 fully saturated rings. The highest BCUT2D eigenvalue weighted by atomic mass is 19.2. The number of anilines is 1. The van der Waals surface area contributed by atoms with Crippen LogP contribution in [0.1, 0.15) is 31.2 Å². The quantitative estimate of drug-likeness (QED) is 0.767. The summed E-state index contributed by atoms with van der Waals surface area (Å²) in [5.41, 5.74) is 0.941. The average Bonchev–Trinajstić information content (AvgIpc) is 3.03. The van der Waals surface area contributed by atoms with Gasteiger partial charge in [0.15, 0.2) is 11.6 Å². The Morgan fingerprint density at radius 1 is 0.955 bits per heavy atom. The van der Waals surface area contributed by atoms with E-state index < -0.39 is 17.2 Å². The second-order valence-corrected chi connectivity index (χ2v) is 5.68. The van der Waals surface area contributed by atoms with Crippen molar-refractivity contribution in [1.29, 1.82) is 0 Å². The van der Waals surface area contributed by atoms with E-state index in [0.29, 0.717) is 5.69 Å². The standard InChI is InChI=1S/C18H17F2NO/c19-16-9-8-15(12-17(16)20)21(13-22)18(10-4-5-11-18)14-6-2-1-3-7-14/h1-3,6-9,12-13H,4-5,10-11H2. The van der Waals surface area contributed by atoms with Crippen molar-refractivity contribution in [2.45, 2.75) is 31.2 Å². The third-order valence-electron chi connectivity index (χ3n) is 4.49. The summed E-state index contributed by atoms with van der Waals surface area (Å²) in [4.78, 5) is 13.3. The molecule has 1 saturated carbocycles. The molecule has 0 unspecified atom stereocenters. The van der Waals surface area contributed by atoms with Crippen molar-refractivity contribution in [3.05, 3.63) is 65.7 Å². The van der Waals surface area contributed by atoms with E-state index >= 15 is 0 Å². The highest BCUT2D eigenvalue weighted by molar-refractivity contribution is 5.78. The number of hydrogen-bond donors (Lipinski definition) is 0. The number of carbonyl (C=O) groups is 1. The molecule has 0 N–H and O–H groups in total. The molecule has 0 atom stereocenters. The fourth-order valence-electron chi connectivity index (χ4n) is 3.42. The summed E-state index contributed by atoms with van der Waals surface area (Å²) in [6.45, 7) is 0. The van der Waals surface area contributed by atoms with E-state index in [1.165, 1.54) is 6.07 Å². The Labute approximate surface area is 128 Å². The molecule has 114 valence electrons. The second kappa shape index (κ2) is 5.87. The van der Waals surface area contributed by atoms with Crippen molar-refractivity contribution >= 4 is 12.1 Å². The van der Waals surface area contributed by atoms with Crippen molar-refractivity contribution in [1.82, 2.24) is 0 Å². The smallest absolute Gasteiger partial charge is 0.214 e. The third kappa shape index (κ3) is 2.39. The van der Waals surface area contributed by atoms with Gasteiger partial charge in [-0.1, -0.05) is 43.2 Å². The lowest BCUT2D eigenvalue weighted by molar-refractivity contribution is -0.108. The minimum Gasteiger partial charge on any atom is -0.305 e. The van der Waals surface area contributed by atoms with Crippen LogP contribution in [0.25, 0.3) is 0 Å². The Hall–Kier alpha value is -2.23. The number of rotatable bonds is 4. The summed E-state index contributed by atoms with van der Waals surface area (Å²) in [5.74, 6) is -1.85. The van der Waals surface area contributed by atoms with Gasteiger partial charge in [-0.2, -0.15) is 0 Å². The third-order valence-corrected chi connectivity index (χ3v) is 4.49. The largest absolute Gasteiger partial charge is 0.305 e. The van der Waals surface area contributed by atoms with E-state index in [-0.39, 0.29) is 0 Å². The lowest BCUT2D eigenvalue weighted by atomic mass is 9.86. The molecule has 0 spiro atoms. The lowest BCUT2D eigenvalue weighted by Gasteiger charge is -2.39. The summed E-state index contributed by atoms with van der Waals surface area (Å²) < 4.78 is 26.8. The van der Waals surface area contributed by atoms with E-state index in [2.05, 4.69) is 0 Å². The summed E-state index contributed by atoms with van der Waals surface area (Å²) in [7, 11) is 0. The van der Waals surface area contributed by atoms with Crippen LogP contribution in [-0.4, -0.2) is 6.41 Å². The predicted octanol–water partition coefficient (Wildman–Crippen LogP) is 4.40. The Bertz CT molecular complexity index is 666. The summed E-state index contributed by atoms with van der Waals surface area (Å²) in [6, 6.07) is 13.4. The van der Waals surface area contributed by atoms with Crippen LogP contribution < -0.4 is 4.90 Å². The van der Waals surface area contributed by atoms with Gasteiger partial charge in [0.05, 0.1) is 5.54 Å². The first-order chi connectivity index (χ1) is 10.7. The molecule has 0 aliphatic heterocycles. The Balaban J connectivity index is 2.09. The van der Waals surface area contributed by atoms with E-state index in [4.69, 9.17) is 0 Å². The molecule has 1 aliphatic carbocycles. The second-order valence-electron chi connectivity index (χ2n) is 5.68. The van der Waals surface area contributed by atoms with Gasteiger partial charge < -0.3 is 4.90 Å². The van der Waals surface area contributed by atoms with E-state index in [1.807, 2.05) is 30.3 Å². The predicted molar refractivity (Wildman–Crippen MR) is 81.5 cm³/mol. The number of amides is 1. The Morgan fingerprint density at radius 3 is 2.23 bits per heavy atom. The van der Waals surface area contributed by atoms with Gasteiger partial charge in [0.1, 0.15) is 0 Å². The summed E-state index contributed by atoms with van der Waals surface area (Å²) >= 11 is 0. The lowest BCUT2D eigenvalue weighted by Crippen LogP contribution is -2.43. The highest BCUT2D eigenvalue weighted by Crippen LogP contribution is 2.45. The van der Waals surface area contributed by atoms with Gasteiger partial charge in [0, 0.05) is 11.8 Å². The minimum absolute atomic E-state index is 0.389. The molecule has 0 heterocycles. The zero-order valence-electron chi connectivity index (χ0n) is 12.1. The maximum absolute atomic E-state index is 13.6. The molecule has 1 amide bonds. The molecule has 3 rings (SSSR count). The normalized spacial score (nSPS) is 16.5. The van der Waals surface area contributed by atoms with Gasteiger partial charge in [0.2, 0.25) is 6.41 Å². The van der Waals surface area contributed by atoms with E-state index in [1.54, 1.807) is 4.90 Å². The van der Waals surface area contributed by atoms with Gasteiger partial charge in [-0.05, 0) is 30.5 Å². The van der Waals surface area contributed by atoms with Gasteiger partial charge in [0.25, 0.3) is 0 Å². The van der Waals surface area contributed by atoms with Crippen molar-refractivity contribution < 1.29 is 13.6 Å². The maximum atomic E-state index is 13.6. The number of benzene rings is 2. The molecule has 0 aromatic heterocycles. The first-order valence-electron chi connectivity index (χ1n) is 7.42. The van der Waals surface area contributed by atoms with Crippen LogP contribution in [-0.2, 0) is 10.3 Å². The molecule has 0 saturated heterocycles. The average molecular weight is 301 g/mol.